The second-order valence-corrected chi connectivity index (χ2v) is 6.63. The van der Waals surface area contributed by atoms with Crippen LogP contribution in [0, 0.1) is 0 Å². The molecule has 0 saturated heterocycles. The lowest BCUT2D eigenvalue weighted by atomic mass is 10.1. The molecule has 4 nitrogen and oxygen atoms in total. The number of alkyl halides is 3. The summed E-state index contributed by atoms with van der Waals surface area (Å²) in [5.74, 6) is 0.200. The number of benzene rings is 2. The number of ether oxygens (including phenoxy) is 1. The Labute approximate surface area is 157 Å². The number of carbonyl (C=O) groups is 1. The van der Waals surface area contributed by atoms with Crippen molar-refractivity contribution in [3.63, 3.8) is 0 Å². The number of halogens is 3. The van der Waals surface area contributed by atoms with Crippen molar-refractivity contribution in [3.05, 3.63) is 75.7 Å². The van der Waals surface area contributed by atoms with Gasteiger partial charge in [0.2, 0.25) is 0 Å². The Bertz CT molecular complexity index is 937. The molecule has 3 rings (SSSR count). The summed E-state index contributed by atoms with van der Waals surface area (Å²) >= 11 is 1.32. The third-order valence-corrected chi connectivity index (χ3v) is 4.60. The van der Waals surface area contributed by atoms with Gasteiger partial charge in [-0.2, -0.15) is 13.2 Å². The van der Waals surface area contributed by atoms with Crippen molar-refractivity contribution in [1.29, 1.82) is 0 Å². The van der Waals surface area contributed by atoms with Gasteiger partial charge in [0, 0.05) is 17.5 Å². The van der Waals surface area contributed by atoms with Crippen LogP contribution in [0.15, 0.2) is 53.9 Å². The molecular formula is C19H15F3N2O2S. The normalized spacial score (nSPS) is 11.3. The molecule has 27 heavy (non-hydrogen) atoms. The van der Waals surface area contributed by atoms with E-state index in [1.165, 1.54) is 23.5 Å². The number of nitrogens with one attached hydrogen (secondary N) is 1. The highest BCUT2D eigenvalue weighted by atomic mass is 32.1. The van der Waals surface area contributed by atoms with Gasteiger partial charge < -0.3 is 10.1 Å². The maximum Gasteiger partial charge on any atom is 0.416 e. The number of hydrogen-bond acceptors (Lipinski definition) is 4. The number of rotatable bonds is 5. The Balaban J connectivity index is 1.68. The second kappa shape index (κ2) is 7.79. The van der Waals surface area contributed by atoms with Crippen LogP contribution in [-0.4, -0.2) is 18.0 Å². The molecule has 1 amide bonds. The summed E-state index contributed by atoms with van der Waals surface area (Å²) in [5, 5.41) is 4.77. The molecule has 0 spiro atoms. The van der Waals surface area contributed by atoms with Crippen molar-refractivity contribution >= 4 is 22.9 Å². The van der Waals surface area contributed by atoms with Crippen LogP contribution in [0.4, 0.5) is 18.9 Å². The first-order chi connectivity index (χ1) is 12.8. The highest BCUT2D eigenvalue weighted by Gasteiger charge is 2.30. The van der Waals surface area contributed by atoms with Crippen LogP contribution in [0.2, 0.25) is 0 Å². The Morgan fingerprint density at radius 2 is 1.93 bits per heavy atom. The van der Waals surface area contributed by atoms with Gasteiger partial charge in [-0.25, -0.2) is 4.98 Å². The minimum atomic E-state index is -4.47. The second-order valence-electron chi connectivity index (χ2n) is 5.68. The molecule has 2 aromatic carbocycles. The molecule has 1 aromatic heterocycles. The summed E-state index contributed by atoms with van der Waals surface area (Å²) in [6.45, 7) is 0. The Kier molecular flexibility index (Phi) is 5.46. The minimum Gasteiger partial charge on any atom is -0.497 e. The van der Waals surface area contributed by atoms with E-state index in [-0.39, 0.29) is 11.4 Å². The van der Waals surface area contributed by atoms with Crippen molar-refractivity contribution in [2.75, 3.05) is 12.4 Å². The zero-order valence-electron chi connectivity index (χ0n) is 14.2. The van der Waals surface area contributed by atoms with Gasteiger partial charge in [0.1, 0.15) is 11.4 Å². The average molecular weight is 392 g/mol. The SMILES string of the molecule is COc1ccc(Cc2nc(C(=O)Nc3cccc(C(F)(F)F)c3)cs2)cc1. The molecule has 0 unspecified atom stereocenters. The van der Waals surface area contributed by atoms with Crippen molar-refractivity contribution in [1.82, 2.24) is 4.98 Å². The first-order valence-corrected chi connectivity index (χ1v) is 8.79. The number of nitrogens with zero attached hydrogens (tertiary/aromatic N) is 1. The highest BCUT2D eigenvalue weighted by Crippen LogP contribution is 2.30. The lowest BCUT2D eigenvalue weighted by Gasteiger charge is -2.09. The van der Waals surface area contributed by atoms with Gasteiger partial charge >= 0.3 is 6.18 Å². The number of carbonyl (C=O) groups excluding carboxylic acids is 1. The highest BCUT2D eigenvalue weighted by molar-refractivity contribution is 7.09. The predicted octanol–water partition coefficient (Wildman–Crippen LogP) is 5.01. The zero-order chi connectivity index (χ0) is 19.4. The topological polar surface area (TPSA) is 51.2 Å². The molecule has 1 N–H and O–H groups in total. The van der Waals surface area contributed by atoms with Crippen LogP contribution >= 0.6 is 11.3 Å². The molecule has 0 atom stereocenters. The molecule has 0 fully saturated rings. The Morgan fingerprint density at radius 1 is 1.19 bits per heavy atom. The number of anilines is 1. The standard InChI is InChI=1S/C19H15F3N2O2S/c1-26-15-7-5-12(6-8-15)9-17-24-16(11-27-17)18(25)23-14-4-2-3-13(10-14)19(20,21)22/h2-8,10-11H,9H2,1H3,(H,23,25). The van der Waals surface area contributed by atoms with E-state index in [1.54, 1.807) is 12.5 Å². The van der Waals surface area contributed by atoms with Crippen LogP contribution in [0.3, 0.4) is 0 Å². The number of thiazole rings is 1. The fraction of sp³-hybridized carbons (Fsp3) is 0.158. The molecule has 0 aliphatic rings. The van der Waals surface area contributed by atoms with E-state index in [1.807, 2.05) is 24.3 Å². The van der Waals surface area contributed by atoms with Gasteiger partial charge in [0.25, 0.3) is 5.91 Å². The molecule has 140 valence electrons. The van der Waals surface area contributed by atoms with Gasteiger partial charge in [0.05, 0.1) is 17.7 Å². The van der Waals surface area contributed by atoms with Crippen LogP contribution in [0.1, 0.15) is 26.6 Å². The van der Waals surface area contributed by atoms with E-state index >= 15 is 0 Å². The summed E-state index contributed by atoms with van der Waals surface area (Å²) in [7, 11) is 1.59. The summed E-state index contributed by atoms with van der Waals surface area (Å²) in [5.41, 5.74) is 0.425. The van der Waals surface area contributed by atoms with E-state index in [0.717, 1.165) is 28.5 Å². The summed E-state index contributed by atoms with van der Waals surface area (Å²) in [6, 6.07) is 12.0. The summed E-state index contributed by atoms with van der Waals surface area (Å²) < 4.78 is 43.4. The van der Waals surface area contributed by atoms with Gasteiger partial charge in [-0.15, -0.1) is 11.3 Å². The van der Waals surface area contributed by atoms with E-state index < -0.39 is 17.6 Å². The number of methoxy groups -OCH3 is 1. The largest absolute Gasteiger partial charge is 0.497 e. The maximum atomic E-state index is 12.8. The van der Waals surface area contributed by atoms with E-state index in [9.17, 15) is 18.0 Å². The summed E-state index contributed by atoms with van der Waals surface area (Å²) in [6.07, 6.45) is -3.92. The molecule has 0 aliphatic heterocycles. The number of aromatic nitrogens is 1. The summed E-state index contributed by atoms with van der Waals surface area (Å²) in [4.78, 5) is 16.5. The first-order valence-electron chi connectivity index (χ1n) is 7.91. The fourth-order valence-electron chi connectivity index (χ4n) is 2.38. The van der Waals surface area contributed by atoms with Crippen molar-refractivity contribution in [3.8, 4) is 5.75 Å². The molecule has 0 aliphatic carbocycles. The number of amides is 1. The Morgan fingerprint density at radius 3 is 2.59 bits per heavy atom. The molecule has 1 heterocycles. The fourth-order valence-corrected chi connectivity index (χ4v) is 3.19. The maximum absolute atomic E-state index is 12.8. The quantitative estimate of drug-likeness (QED) is 0.664. The molecule has 8 heteroatoms. The molecular weight excluding hydrogens is 377 g/mol. The van der Waals surface area contributed by atoms with E-state index in [4.69, 9.17) is 4.74 Å². The average Bonchev–Trinajstić information content (AvgIpc) is 3.10. The molecule has 3 aromatic rings. The smallest absolute Gasteiger partial charge is 0.416 e. The van der Waals surface area contributed by atoms with Crippen molar-refractivity contribution in [2.24, 2.45) is 0 Å². The van der Waals surface area contributed by atoms with Gasteiger partial charge in [-0.05, 0) is 35.9 Å². The van der Waals surface area contributed by atoms with E-state index in [2.05, 4.69) is 10.3 Å². The minimum absolute atomic E-state index is 0.0690. The third-order valence-electron chi connectivity index (χ3n) is 3.75. The molecule has 0 radical (unpaired) electrons. The number of hydrogen-bond donors (Lipinski definition) is 1. The van der Waals surface area contributed by atoms with Crippen molar-refractivity contribution < 1.29 is 22.7 Å². The van der Waals surface area contributed by atoms with Gasteiger partial charge in [0.15, 0.2) is 0 Å². The van der Waals surface area contributed by atoms with Gasteiger partial charge in [-0.1, -0.05) is 18.2 Å². The lowest BCUT2D eigenvalue weighted by molar-refractivity contribution is -0.137. The third kappa shape index (κ3) is 4.85. The zero-order valence-corrected chi connectivity index (χ0v) is 15.0. The van der Waals surface area contributed by atoms with Crippen LogP contribution < -0.4 is 10.1 Å². The Hall–Kier alpha value is -2.87. The van der Waals surface area contributed by atoms with Crippen LogP contribution in [-0.2, 0) is 12.6 Å². The van der Waals surface area contributed by atoms with Crippen LogP contribution in [0.25, 0.3) is 0 Å². The molecule has 0 bridgehead atoms. The first kappa shape index (κ1) is 18.9. The van der Waals surface area contributed by atoms with Crippen LogP contribution in [0.5, 0.6) is 5.75 Å². The van der Waals surface area contributed by atoms with Crippen molar-refractivity contribution in [2.45, 2.75) is 12.6 Å². The lowest BCUT2D eigenvalue weighted by Crippen LogP contribution is -2.13. The predicted molar refractivity (Wildman–Crippen MR) is 97.3 cm³/mol. The molecule has 0 saturated carbocycles. The monoisotopic (exact) mass is 392 g/mol. The van der Waals surface area contributed by atoms with Gasteiger partial charge in [-0.3, -0.25) is 4.79 Å². The van der Waals surface area contributed by atoms with E-state index in [0.29, 0.717) is 6.42 Å².